The SMILES string of the molecule is Cc1c(Oc2ccccc2)n(Cc2cccc(OC(F)F)c2)c2ccc(C(=O)NC3CC3)cc12. The third-order valence-electron chi connectivity index (χ3n) is 5.85. The Kier molecular flexibility index (Phi) is 5.92. The zero-order chi connectivity index (χ0) is 23.7. The fourth-order valence-electron chi connectivity index (χ4n) is 4.03. The molecule has 1 aromatic heterocycles. The zero-order valence-electron chi connectivity index (χ0n) is 18.6. The number of amides is 1. The molecule has 1 fully saturated rings. The molecule has 1 amide bonds. The highest BCUT2D eigenvalue weighted by Crippen LogP contribution is 2.36. The maximum absolute atomic E-state index is 12.7. The van der Waals surface area contributed by atoms with Crippen molar-refractivity contribution in [2.24, 2.45) is 0 Å². The smallest absolute Gasteiger partial charge is 0.387 e. The summed E-state index contributed by atoms with van der Waals surface area (Å²) >= 11 is 0. The van der Waals surface area contributed by atoms with Crippen LogP contribution in [0.4, 0.5) is 8.78 Å². The van der Waals surface area contributed by atoms with Crippen molar-refractivity contribution < 1.29 is 23.0 Å². The van der Waals surface area contributed by atoms with E-state index in [-0.39, 0.29) is 17.7 Å². The number of nitrogens with one attached hydrogen (secondary N) is 1. The van der Waals surface area contributed by atoms with E-state index in [4.69, 9.17) is 4.74 Å². The van der Waals surface area contributed by atoms with E-state index in [9.17, 15) is 13.6 Å². The van der Waals surface area contributed by atoms with Gasteiger partial charge in [-0.1, -0.05) is 30.3 Å². The quantitative estimate of drug-likeness (QED) is 0.335. The molecular weight excluding hydrogens is 438 g/mol. The van der Waals surface area contributed by atoms with Crippen LogP contribution in [-0.2, 0) is 6.54 Å². The standard InChI is InChI=1S/C27H24F2N2O3/c1-17-23-15-19(25(32)30-20-11-12-20)10-13-24(23)31(26(17)33-21-7-3-2-4-8-21)16-18-6-5-9-22(14-18)34-27(28)29/h2-10,13-15,20,27H,11-12,16H2,1H3,(H,30,32). The first-order valence-electron chi connectivity index (χ1n) is 11.2. The maximum atomic E-state index is 12.7. The molecule has 0 radical (unpaired) electrons. The largest absolute Gasteiger partial charge is 0.441 e. The lowest BCUT2D eigenvalue weighted by Gasteiger charge is -2.14. The molecule has 0 atom stereocenters. The minimum atomic E-state index is -2.89. The average Bonchev–Trinajstić information content (AvgIpc) is 3.61. The van der Waals surface area contributed by atoms with Crippen molar-refractivity contribution >= 4 is 16.8 Å². The third kappa shape index (κ3) is 4.73. The zero-order valence-corrected chi connectivity index (χ0v) is 18.6. The number of halogens is 2. The number of ether oxygens (including phenoxy) is 2. The topological polar surface area (TPSA) is 52.5 Å². The van der Waals surface area contributed by atoms with Gasteiger partial charge in [0.1, 0.15) is 11.5 Å². The van der Waals surface area contributed by atoms with Crippen LogP contribution in [0.2, 0.25) is 0 Å². The van der Waals surface area contributed by atoms with E-state index in [1.807, 2.05) is 60.0 Å². The Morgan fingerprint density at radius 2 is 1.79 bits per heavy atom. The Balaban J connectivity index is 1.56. The molecule has 1 saturated carbocycles. The lowest BCUT2D eigenvalue weighted by atomic mass is 10.1. The van der Waals surface area contributed by atoms with Gasteiger partial charge in [0.05, 0.1) is 12.1 Å². The van der Waals surface area contributed by atoms with E-state index in [1.165, 1.54) is 6.07 Å². The van der Waals surface area contributed by atoms with E-state index >= 15 is 0 Å². The highest BCUT2D eigenvalue weighted by atomic mass is 19.3. The van der Waals surface area contributed by atoms with E-state index in [0.717, 1.165) is 34.9 Å². The number of alkyl halides is 2. The minimum Gasteiger partial charge on any atom is -0.441 e. The predicted molar refractivity (Wildman–Crippen MR) is 126 cm³/mol. The van der Waals surface area contributed by atoms with Crippen molar-refractivity contribution in [3.8, 4) is 17.4 Å². The molecule has 34 heavy (non-hydrogen) atoms. The highest BCUT2D eigenvalue weighted by Gasteiger charge is 2.25. The van der Waals surface area contributed by atoms with Crippen LogP contribution in [0, 0.1) is 6.92 Å². The van der Waals surface area contributed by atoms with Gasteiger partial charge in [-0.25, -0.2) is 0 Å². The molecule has 3 aromatic carbocycles. The predicted octanol–water partition coefficient (Wildman–Crippen LogP) is 6.28. The number of aromatic nitrogens is 1. The van der Waals surface area contributed by atoms with Crippen molar-refractivity contribution in [3.63, 3.8) is 0 Å². The number of carbonyl (C=O) groups excluding carboxylic acids is 1. The van der Waals surface area contributed by atoms with Crippen LogP contribution in [0.15, 0.2) is 72.8 Å². The number of hydrogen-bond acceptors (Lipinski definition) is 3. The van der Waals surface area contributed by atoms with Crippen LogP contribution < -0.4 is 14.8 Å². The summed E-state index contributed by atoms with van der Waals surface area (Å²) in [6, 6.07) is 21.9. The molecule has 7 heteroatoms. The van der Waals surface area contributed by atoms with E-state index < -0.39 is 6.61 Å². The normalized spacial score (nSPS) is 13.3. The van der Waals surface area contributed by atoms with Crippen LogP contribution in [0.3, 0.4) is 0 Å². The molecule has 0 saturated heterocycles. The number of para-hydroxylation sites is 1. The van der Waals surface area contributed by atoms with Crippen molar-refractivity contribution in [3.05, 3.63) is 89.5 Å². The number of carbonyl (C=O) groups is 1. The molecule has 174 valence electrons. The summed E-state index contributed by atoms with van der Waals surface area (Å²) in [5.41, 5.74) is 3.15. The fourth-order valence-corrected chi connectivity index (χ4v) is 4.03. The van der Waals surface area contributed by atoms with Crippen LogP contribution in [-0.4, -0.2) is 23.1 Å². The molecule has 1 heterocycles. The number of aryl methyl sites for hydroxylation is 1. The van der Waals surface area contributed by atoms with E-state index in [2.05, 4.69) is 10.1 Å². The van der Waals surface area contributed by atoms with Crippen molar-refractivity contribution in [2.75, 3.05) is 0 Å². The maximum Gasteiger partial charge on any atom is 0.387 e. The van der Waals surface area contributed by atoms with E-state index in [0.29, 0.717) is 23.7 Å². The number of benzene rings is 3. The summed E-state index contributed by atoms with van der Waals surface area (Å²) < 4.78 is 38.2. The van der Waals surface area contributed by atoms with Gasteiger partial charge >= 0.3 is 6.61 Å². The van der Waals surface area contributed by atoms with Gasteiger partial charge in [-0.3, -0.25) is 4.79 Å². The van der Waals surface area contributed by atoms with Crippen LogP contribution in [0.1, 0.15) is 34.3 Å². The third-order valence-corrected chi connectivity index (χ3v) is 5.85. The molecular formula is C27H24F2N2O3. The summed E-state index contributed by atoms with van der Waals surface area (Å²) in [5, 5.41) is 3.92. The summed E-state index contributed by atoms with van der Waals surface area (Å²) in [4.78, 5) is 12.6. The highest BCUT2D eigenvalue weighted by molar-refractivity contribution is 5.99. The summed E-state index contributed by atoms with van der Waals surface area (Å²) in [5.74, 6) is 1.32. The van der Waals surface area contributed by atoms with Crippen LogP contribution in [0.25, 0.3) is 10.9 Å². The second-order valence-corrected chi connectivity index (χ2v) is 8.44. The first-order valence-corrected chi connectivity index (χ1v) is 11.2. The number of fused-ring (bicyclic) bond motifs is 1. The molecule has 4 aromatic rings. The van der Waals surface area contributed by atoms with Gasteiger partial charge in [-0.2, -0.15) is 8.78 Å². The molecule has 1 N–H and O–H groups in total. The van der Waals surface area contributed by atoms with Gasteiger partial charge in [0.15, 0.2) is 0 Å². The molecule has 0 bridgehead atoms. The molecule has 0 spiro atoms. The summed E-state index contributed by atoms with van der Waals surface area (Å²) in [7, 11) is 0. The molecule has 0 aliphatic heterocycles. The van der Waals surface area contributed by atoms with Gasteiger partial charge in [0.2, 0.25) is 5.88 Å². The Morgan fingerprint density at radius 3 is 2.53 bits per heavy atom. The minimum absolute atomic E-state index is 0.0843. The van der Waals surface area contributed by atoms with Crippen LogP contribution in [0.5, 0.6) is 17.4 Å². The monoisotopic (exact) mass is 462 g/mol. The lowest BCUT2D eigenvalue weighted by Crippen LogP contribution is -2.25. The summed E-state index contributed by atoms with van der Waals surface area (Å²) in [6.45, 7) is -0.557. The van der Waals surface area contributed by atoms with Crippen LogP contribution >= 0.6 is 0 Å². The Morgan fingerprint density at radius 1 is 1.03 bits per heavy atom. The Hall–Kier alpha value is -3.87. The molecule has 1 aliphatic rings. The molecule has 1 aliphatic carbocycles. The van der Waals surface area contributed by atoms with Gasteiger partial charge in [-0.15, -0.1) is 0 Å². The van der Waals surface area contributed by atoms with Crippen molar-refractivity contribution in [1.82, 2.24) is 9.88 Å². The van der Waals surface area contributed by atoms with Gasteiger partial charge in [0.25, 0.3) is 5.91 Å². The first-order chi connectivity index (χ1) is 16.5. The summed E-state index contributed by atoms with van der Waals surface area (Å²) in [6.07, 6.45) is 2.04. The van der Waals surface area contributed by atoms with Gasteiger partial charge in [0, 0.05) is 22.6 Å². The van der Waals surface area contributed by atoms with E-state index in [1.54, 1.807) is 18.2 Å². The fraction of sp³-hybridized carbons (Fsp3) is 0.222. The second kappa shape index (κ2) is 9.17. The Labute approximate surface area is 195 Å². The van der Waals surface area contributed by atoms with Gasteiger partial charge < -0.3 is 19.4 Å². The number of rotatable bonds is 8. The molecule has 0 unspecified atom stereocenters. The molecule has 5 nitrogen and oxygen atoms in total. The van der Waals surface area contributed by atoms with Crippen molar-refractivity contribution in [2.45, 2.75) is 39.0 Å². The van der Waals surface area contributed by atoms with Gasteiger partial charge in [-0.05, 0) is 67.8 Å². The van der Waals surface area contributed by atoms with Crippen molar-refractivity contribution in [1.29, 1.82) is 0 Å². The number of nitrogens with zero attached hydrogens (tertiary/aromatic N) is 1. The average molecular weight is 462 g/mol. The number of hydrogen-bond donors (Lipinski definition) is 1. The second-order valence-electron chi connectivity index (χ2n) is 8.44. The lowest BCUT2D eigenvalue weighted by molar-refractivity contribution is -0.0498. The molecule has 5 rings (SSSR count). The Bertz CT molecular complexity index is 1330. The first kappa shape index (κ1) is 21.9.